The van der Waals surface area contributed by atoms with Crippen LogP contribution >= 0.6 is 0 Å². The number of para-hydroxylation sites is 1. The summed E-state index contributed by atoms with van der Waals surface area (Å²) in [5, 5.41) is 9.14. The standard InChI is InChI=1S/C15H15NO8/c1-8(17)23-12-5-3-4-10(13(12)24-9(2)18)14(19)16-7-22-6-11(16)15(20)21/h3-5,11H,6-7H2,1-2H3,(H,20,21). The second kappa shape index (κ2) is 7.09. The Morgan fingerprint density at radius 1 is 1.17 bits per heavy atom. The molecule has 0 spiro atoms. The van der Waals surface area contributed by atoms with Crippen molar-refractivity contribution in [2.75, 3.05) is 13.3 Å². The van der Waals surface area contributed by atoms with Gasteiger partial charge < -0.3 is 19.3 Å². The lowest BCUT2D eigenvalue weighted by Crippen LogP contribution is -2.41. The first-order valence-corrected chi connectivity index (χ1v) is 6.92. The smallest absolute Gasteiger partial charge is 0.328 e. The van der Waals surface area contributed by atoms with Crippen LogP contribution in [0.1, 0.15) is 24.2 Å². The fourth-order valence-electron chi connectivity index (χ4n) is 2.17. The van der Waals surface area contributed by atoms with Crippen molar-refractivity contribution in [1.29, 1.82) is 0 Å². The van der Waals surface area contributed by atoms with Crippen LogP contribution in [-0.4, -0.2) is 53.2 Å². The first-order valence-electron chi connectivity index (χ1n) is 6.92. The topological polar surface area (TPSA) is 119 Å². The van der Waals surface area contributed by atoms with E-state index < -0.39 is 29.9 Å². The summed E-state index contributed by atoms with van der Waals surface area (Å²) >= 11 is 0. The van der Waals surface area contributed by atoms with Crippen molar-refractivity contribution in [1.82, 2.24) is 4.90 Å². The maximum absolute atomic E-state index is 12.7. The summed E-state index contributed by atoms with van der Waals surface area (Å²) in [6.45, 7) is 1.92. The Balaban J connectivity index is 2.44. The average Bonchev–Trinajstić information content (AvgIpc) is 2.97. The molecule has 1 aromatic rings. The highest BCUT2D eigenvalue weighted by molar-refractivity contribution is 6.00. The molecule has 1 amide bonds. The van der Waals surface area contributed by atoms with Gasteiger partial charge in [-0.1, -0.05) is 6.07 Å². The first-order chi connectivity index (χ1) is 11.3. The quantitative estimate of drug-likeness (QED) is 0.620. The van der Waals surface area contributed by atoms with Crippen molar-refractivity contribution in [3.05, 3.63) is 23.8 Å². The van der Waals surface area contributed by atoms with Gasteiger partial charge in [-0.05, 0) is 12.1 Å². The number of carbonyl (C=O) groups excluding carboxylic acids is 3. The normalized spacial score (nSPS) is 16.6. The summed E-state index contributed by atoms with van der Waals surface area (Å²) < 4.78 is 15.0. The monoisotopic (exact) mass is 337 g/mol. The minimum atomic E-state index is -1.22. The number of esters is 2. The average molecular weight is 337 g/mol. The van der Waals surface area contributed by atoms with Gasteiger partial charge >= 0.3 is 17.9 Å². The molecule has 1 unspecified atom stereocenters. The van der Waals surface area contributed by atoms with Crippen LogP contribution in [0.2, 0.25) is 0 Å². The van der Waals surface area contributed by atoms with Gasteiger partial charge in [0.25, 0.3) is 5.91 Å². The second-order valence-corrected chi connectivity index (χ2v) is 4.95. The second-order valence-electron chi connectivity index (χ2n) is 4.95. The van der Waals surface area contributed by atoms with Crippen LogP contribution in [0, 0.1) is 0 Å². The number of ether oxygens (including phenoxy) is 3. The predicted molar refractivity (Wildman–Crippen MR) is 77.5 cm³/mol. The summed E-state index contributed by atoms with van der Waals surface area (Å²) in [6.07, 6.45) is 0. The van der Waals surface area contributed by atoms with Gasteiger partial charge in [-0.15, -0.1) is 0 Å². The molecule has 1 aliphatic heterocycles. The third kappa shape index (κ3) is 3.69. The van der Waals surface area contributed by atoms with E-state index in [1.165, 1.54) is 18.2 Å². The zero-order valence-electron chi connectivity index (χ0n) is 13.0. The molecule has 1 N–H and O–H groups in total. The fourth-order valence-corrected chi connectivity index (χ4v) is 2.17. The SMILES string of the molecule is CC(=O)Oc1cccc(C(=O)N2COCC2C(=O)O)c1OC(C)=O. The molecule has 0 radical (unpaired) electrons. The van der Waals surface area contributed by atoms with Crippen LogP contribution in [0.25, 0.3) is 0 Å². The summed E-state index contributed by atoms with van der Waals surface area (Å²) in [5.41, 5.74) is -0.110. The van der Waals surface area contributed by atoms with Gasteiger partial charge in [-0.3, -0.25) is 19.3 Å². The summed E-state index contributed by atoms with van der Waals surface area (Å²) in [7, 11) is 0. The van der Waals surface area contributed by atoms with Gasteiger partial charge in [0, 0.05) is 13.8 Å². The molecule has 128 valence electrons. The molecular formula is C15H15NO8. The number of nitrogens with zero attached hydrogens (tertiary/aromatic N) is 1. The lowest BCUT2D eigenvalue weighted by Gasteiger charge is -2.21. The van der Waals surface area contributed by atoms with Crippen LogP contribution in [0.3, 0.4) is 0 Å². The molecule has 1 fully saturated rings. The summed E-state index contributed by atoms with van der Waals surface area (Å²) in [6, 6.07) is 2.96. The zero-order chi connectivity index (χ0) is 17.9. The molecule has 1 aliphatic rings. The highest BCUT2D eigenvalue weighted by Gasteiger charge is 2.37. The third-order valence-electron chi connectivity index (χ3n) is 3.14. The summed E-state index contributed by atoms with van der Waals surface area (Å²) in [5.74, 6) is -3.69. The number of hydrogen-bond acceptors (Lipinski definition) is 7. The van der Waals surface area contributed by atoms with E-state index in [2.05, 4.69) is 0 Å². The number of hydrogen-bond donors (Lipinski definition) is 1. The van der Waals surface area contributed by atoms with Crippen LogP contribution in [-0.2, 0) is 19.1 Å². The van der Waals surface area contributed by atoms with Gasteiger partial charge in [0.1, 0.15) is 6.73 Å². The third-order valence-corrected chi connectivity index (χ3v) is 3.14. The van der Waals surface area contributed by atoms with E-state index in [1.54, 1.807) is 0 Å². The summed E-state index contributed by atoms with van der Waals surface area (Å²) in [4.78, 5) is 47.3. The number of rotatable bonds is 4. The molecule has 1 aromatic carbocycles. The number of carbonyl (C=O) groups is 4. The van der Waals surface area contributed by atoms with Gasteiger partial charge in [0.2, 0.25) is 0 Å². The van der Waals surface area contributed by atoms with Gasteiger partial charge in [-0.2, -0.15) is 0 Å². The van der Waals surface area contributed by atoms with Crippen LogP contribution in [0.4, 0.5) is 0 Å². The number of aliphatic carboxylic acids is 1. The van der Waals surface area contributed by atoms with Gasteiger partial charge in [0.15, 0.2) is 17.5 Å². The van der Waals surface area contributed by atoms with Gasteiger partial charge in [-0.25, -0.2) is 4.79 Å². The van der Waals surface area contributed by atoms with Crippen molar-refractivity contribution < 1.29 is 38.5 Å². The van der Waals surface area contributed by atoms with Crippen molar-refractivity contribution in [2.45, 2.75) is 19.9 Å². The molecule has 1 atom stereocenters. The minimum absolute atomic E-state index is 0.110. The Bertz CT molecular complexity index is 699. The van der Waals surface area contributed by atoms with Gasteiger partial charge in [0.05, 0.1) is 12.2 Å². The van der Waals surface area contributed by atoms with Crippen molar-refractivity contribution in [3.8, 4) is 11.5 Å². The molecule has 9 nitrogen and oxygen atoms in total. The highest BCUT2D eigenvalue weighted by Crippen LogP contribution is 2.33. The number of benzene rings is 1. The highest BCUT2D eigenvalue weighted by atomic mass is 16.6. The van der Waals surface area contributed by atoms with E-state index in [4.69, 9.17) is 19.3 Å². The first kappa shape index (κ1) is 17.4. The van der Waals surface area contributed by atoms with E-state index in [9.17, 15) is 19.2 Å². The lowest BCUT2D eigenvalue weighted by atomic mass is 10.1. The van der Waals surface area contributed by atoms with E-state index in [0.717, 1.165) is 18.7 Å². The molecule has 0 aliphatic carbocycles. The molecular weight excluding hydrogens is 322 g/mol. The maximum Gasteiger partial charge on any atom is 0.328 e. The molecule has 1 saturated heterocycles. The van der Waals surface area contributed by atoms with Crippen molar-refractivity contribution in [2.24, 2.45) is 0 Å². The number of carboxylic acids is 1. The molecule has 0 bridgehead atoms. The Labute approximate surface area is 136 Å². The lowest BCUT2D eigenvalue weighted by molar-refractivity contribution is -0.141. The van der Waals surface area contributed by atoms with E-state index in [0.29, 0.717) is 0 Å². The van der Waals surface area contributed by atoms with Crippen LogP contribution in [0.5, 0.6) is 11.5 Å². The van der Waals surface area contributed by atoms with E-state index >= 15 is 0 Å². The van der Waals surface area contributed by atoms with Crippen LogP contribution < -0.4 is 9.47 Å². The Morgan fingerprint density at radius 3 is 2.42 bits per heavy atom. The van der Waals surface area contributed by atoms with Crippen molar-refractivity contribution in [3.63, 3.8) is 0 Å². The zero-order valence-corrected chi connectivity index (χ0v) is 13.0. The van der Waals surface area contributed by atoms with E-state index in [1.807, 2.05) is 0 Å². The predicted octanol–water partition coefficient (Wildman–Crippen LogP) is 0.420. The largest absolute Gasteiger partial charge is 0.480 e. The molecule has 24 heavy (non-hydrogen) atoms. The number of amides is 1. The number of carboxylic acid groups (broad SMARTS) is 1. The molecule has 1 heterocycles. The molecule has 2 rings (SSSR count). The Morgan fingerprint density at radius 2 is 1.83 bits per heavy atom. The molecule has 0 saturated carbocycles. The fraction of sp³-hybridized carbons (Fsp3) is 0.333. The minimum Gasteiger partial charge on any atom is -0.480 e. The molecule has 9 heteroatoms. The Hall–Kier alpha value is -2.94. The Kier molecular flexibility index (Phi) is 5.14. The van der Waals surface area contributed by atoms with E-state index in [-0.39, 0.29) is 30.4 Å². The molecule has 0 aromatic heterocycles. The maximum atomic E-state index is 12.7. The van der Waals surface area contributed by atoms with Crippen molar-refractivity contribution >= 4 is 23.8 Å². The van der Waals surface area contributed by atoms with Crippen LogP contribution in [0.15, 0.2) is 18.2 Å².